The van der Waals surface area contributed by atoms with Crippen LogP contribution in [-0.4, -0.2) is 0 Å². The number of terminal acetylenes is 1. The molecule has 0 aliphatic carbocycles. The number of furan rings is 1. The zero-order chi connectivity index (χ0) is 10.8. The van der Waals surface area contributed by atoms with Gasteiger partial charge in [0.2, 0.25) is 0 Å². The van der Waals surface area contributed by atoms with E-state index >= 15 is 0 Å². The normalized spacial score (nSPS) is 9.93. The molecule has 0 atom stereocenters. The molecule has 0 aliphatic rings. The maximum atomic E-state index is 6.10. The monoisotopic (exact) mass is 216 g/mol. The number of aryl methyl sites for hydroxylation is 1. The van der Waals surface area contributed by atoms with Crippen LogP contribution in [0.25, 0.3) is 11.3 Å². The van der Waals surface area contributed by atoms with Gasteiger partial charge in [-0.05, 0) is 37.3 Å². The van der Waals surface area contributed by atoms with Crippen molar-refractivity contribution in [1.29, 1.82) is 0 Å². The number of hydrogen-bond acceptors (Lipinski definition) is 1. The van der Waals surface area contributed by atoms with Crippen molar-refractivity contribution in [3.8, 4) is 23.7 Å². The van der Waals surface area contributed by atoms with Gasteiger partial charge in [-0.1, -0.05) is 17.5 Å². The van der Waals surface area contributed by atoms with Crippen molar-refractivity contribution in [1.82, 2.24) is 0 Å². The van der Waals surface area contributed by atoms with E-state index in [0.717, 1.165) is 22.6 Å². The van der Waals surface area contributed by atoms with Gasteiger partial charge in [-0.15, -0.1) is 6.42 Å². The second-order valence-electron chi connectivity index (χ2n) is 3.25. The van der Waals surface area contributed by atoms with Crippen molar-refractivity contribution in [3.63, 3.8) is 0 Å². The minimum absolute atomic E-state index is 0.611. The van der Waals surface area contributed by atoms with Crippen LogP contribution in [0.4, 0.5) is 0 Å². The van der Waals surface area contributed by atoms with Crippen LogP contribution >= 0.6 is 11.6 Å². The van der Waals surface area contributed by atoms with Crippen LogP contribution in [0.5, 0.6) is 0 Å². The summed E-state index contributed by atoms with van der Waals surface area (Å²) < 4.78 is 5.49. The molecule has 15 heavy (non-hydrogen) atoms. The van der Waals surface area contributed by atoms with E-state index in [1.165, 1.54) is 0 Å². The molecule has 74 valence electrons. The first kappa shape index (κ1) is 9.89. The zero-order valence-corrected chi connectivity index (χ0v) is 9.01. The second kappa shape index (κ2) is 3.84. The van der Waals surface area contributed by atoms with Gasteiger partial charge in [0.05, 0.1) is 5.02 Å². The average molecular weight is 217 g/mol. The summed E-state index contributed by atoms with van der Waals surface area (Å²) in [5, 5.41) is 0.611. The molecule has 0 spiro atoms. The first-order valence-electron chi connectivity index (χ1n) is 4.53. The van der Waals surface area contributed by atoms with Crippen molar-refractivity contribution in [3.05, 3.63) is 46.7 Å². The Labute approximate surface area is 93.7 Å². The Morgan fingerprint density at radius 3 is 2.60 bits per heavy atom. The van der Waals surface area contributed by atoms with E-state index in [4.69, 9.17) is 22.4 Å². The summed E-state index contributed by atoms with van der Waals surface area (Å²) >= 11 is 6.10. The highest BCUT2D eigenvalue weighted by Crippen LogP contribution is 2.29. The Balaban J connectivity index is 2.51. The molecule has 0 saturated carbocycles. The van der Waals surface area contributed by atoms with Gasteiger partial charge in [0, 0.05) is 11.1 Å². The molecular weight excluding hydrogens is 208 g/mol. The van der Waals surface area contributed by atoms with Crippen LogP contribution in [0.2, 0.25) is 5.02 Å². The highest BCUT2D eigenvalue weighted by molar-refractivity contribution is 6.33. The van der Waals surface area contributed by atoms with Gasteiger partial charge in [-0.3, -0.25) is 0 Å². The highest BCUT2D eigenvalue weighted by Gasteiger charge is 2.07. The number of halogens is 1. The molecule has 1 heterocycles. The Morgan fingerprint density at radius 2 is 2.07 bits per heavy atom. The smallest absolute Gasteiger partial charge is 0.135 e. The van der Waals surface area contributed by atoms with Crippen molar-refractivity contribution in [2.24, 2.45) is 0 Å². The third-order valence-corrected chi connectivity index (χ3v) is 2.45. The molecule has 0 saturated heterocycles. The summed E-state index contributed by atoms with van der Waals surface area (Å²) in [5.74, 6) is 4.16. The van der Waals surface area contributed by atoms with Crippen molar-refractivity contribution >= 4 is 11.6 Å². The number of benzene rings is 1. The van der Waals surface area contributed by atoms with E-state index in [9.17, 15) is 0 Å². The number of hydrogen-bond donors (Lipinski definition) is 0. The van der Waals surface area contributed by atoms with Gasteiger partial charge >= 0.3 is 0 Å². The standard InChI is InChI=1S/C13H9ClO/c1-3-10-5-6-11(12(14)8-10)13-7-4-9(2)15-13/h1,4-8H,2H3. The molecule has 1 aromatic carbocycles. The van der Waals surface area contributed by atoms with Crippen LogP contribution < -0.4 is 0 Å². The van der Waals surface area contributed by atoms with Crippen molar-refractivity contribution in [2.75, 3.05) is 0 Å². The van der Waals surface area contributed by atoms with Gasteiger partial charge in [0.15, 0.2) is 0 Å². The van der Waals surface area contributed by atoms with E-state index in [0.29, 0.717) is 5.02 Å². The van der Waals surface area contributed by atoms with Crippen LogP contribution in [0.15, 0.2) is 34.7 Å². The summed E-state index contributed by atoms with van der Waals surface area (Å²) in [6.45, 7) is 1.90. The summed E-state index contributed by atoms with van der Waals surface area (Å²) in [7, 11) is 0. The molecular formula is C13H9ClO. The van der Waals surface area contributed by atoms with E-state index in [2.05, 4.69) is 5.92 Å². The Hall–Kier alpha value is -1.65. The zero-order valence-electron chi connectivity index (χ0n) is 8.25. The fourth-order valence-electron chi connectivity index (χ4n) is 1.38. The molecule has 0 N–H and O–H groups in total. The molecule has 0 bridgehead atoms. The molecule has 0 unspecified atom stereocenters. The summed E-state index contributed by atoms with van der Waals surface area (Å²) in [6, 6.07) is 9.27. The molecule has 2 rings (SSSR count). The Bertz CT molecular complexity index is 532. The molecule has 0 amide bonds. The second-order valence-corrected chi connectivity index (χ2v) is 3.66. The third kappa shape index (κ3) is 1.91. The van der Waals surface area contributed by atoms with E-state index in [1.54, 1.807) is 6.07 Å². The van der Waals surface area contributed by atoms with Gasteiger partial charge in [0.1, 0.15) is 11.5 Å². The summed E-state index contributed by atoms with van der Waals surface area (Å²) in [6.07, 6.45) is 5.28. The fraction of sp³-hybridized carbons (Fsp3) is 0.0769. The quantitative estimate of drug-likeness (QED) is 0.660. The van der Waals surface area contributed by atoms with Gasteiger partial charge in [-0.2, -0.15) is 0 Å². The Morgan fingerprint density at radius 1 is 1.27 bits per heavy atom. The highest BCUT2D eigenvalue weighted by atomic mass is 35.5. The van der Waals surface area contributed by atoms with E-state index < -0.39 is 0 Å². The lowest BCUT2D eigenvalue weighted by atomic mass is 10.1. The van der Waals surface area contributed by atoms with E-state index in [-0.39, 0.29) is 0 Å². The molecule has 1 aromatic heterocycles. The van der Waals surface area contributed by atoms with E-state index in [1.807, 2.05) is 31.2 Å². The lowest BCUT2D eigenvalue weighted by Gasteiger charge is -2.01. The predicted molar refractivity (Wildman–Crippen MR) is 61.8 cm³/mol. The maximum Gasteiger partial charge on any atom is 0.135 e. The molecule has 0 aliphatic heterocycles. The Kier molecular flexibility index (Phi) is 2.53. The average Bonchev–Trinajstić information content (AvgIpc) is 2.64. The largest absolute Gasteiger partial charge is 0.461 e. The molecule has 1 nitrogen and oxygen atoms in total. The van der Waals surface area contributed by atoms with Crippen LogP contribution in [0, 0.1) is 19.3 Å². The van der Waals surface area contributed by atoms with Gasteiger partial charge < -0.3 is 4.42 Å². The molecule has 0 fully saturated rings. The summed E-state index contributed by atoms with van der Waals surface area (Å²) in [5.41, 5.74) is 1.63. The molecule has 0 radical (unpaired) electrons. The van der Waals surface area contributed by atoms with Gasteiger partial charge in [-0.25, -0.2) is 0 Å². The van der Waals surface area contributed by atoms with Crippen molar-refractivity contribution < 1.29 is 4.42 Å². The third-order valence-electron chi connectivity index (χ3n) is 2.14. The van der Waals surface area contributed by atoms with Crippen molar-refractivity contribution in [2.45, 2.75) is 6.92 Å². The fourth-order valence-corrected chi connectivity index (χ4v) is 1.66. The van der Waals surface area contributed by atoms with Gasteiger partial charge in [0.25, 0.3) is 0 Å². The molecule has 2 aromatic rings. The van der Waals surface area contributed by atoms with Crippen LogP contribution in [-0.2, 0) is 0 Å². The topological polar surface area (TPSA) is 13.1 Å². The first-order chi connectivity index (χ1) is 7.20. The predicted octanol–water partition coefficient (Wildman–Crippen LogP) is 3.89. The van der Waals surface area contributed by atoms with Crippen LogP contribution in [0.3, 0.4) is 0 Å². The minimum Gasteiger partial charge on any atom is -0.461 e. The maximum absolute atomic E-state index is 6.10. The minimum atomic E-state index is 0.611. The summed E-state index contributed by atoms with van der Waals surface area (Å²) in [4.78, 5) is 0. The van der Waals surface area contributed by atoms with Crippen LogP contribution in [0.1, 0.15) is 11.3 Å². The SMILES string of the molecule is C#Cc1ccc(-c2ccc(C)o2)c(Cl)c1. The lowest BCUT2D eigenvalue weighted by molar-refractivity contribution is 0.548. The first-order valence-corrected chi connectivity index (χ1v) is 4.91. The molecule has 2 heteroatoms. The number of rotatable bonds is 1. The lowest BCUT2D eigenvalue weighted by Crippen LogP contribution is -1.79.